The summed E-state index contributed by atoms with van der Waals surface area (Å²) in [5, 5.41) is 21.9. The summed E-state index contributed by atoms with van der Waals surface area (Å²) in [7, 11) is 0. The topological polar surface area (TPSA) is 63.8 Å². The van der Waals surface area contributed by atoms with Gasteiger partial charge in [0.15, 0.2) is 0 Å². The van der Waals surface area contributed by atoms with Crippen molar-refractivity contribution >= 4 is 11.8 Å². The Morgan fingerprint density at radius 2 is 2.14 bits per heavy atom. The summed E-state index contributed by atoms with van der Waals surface area (Å²) in [5.74, 6) is -0.362. The summed E-state index contributed by atoms with van der Waals surface area (Å²) in [4.78, 5) is 0.466. The number of aliphatic hydroxyl groups excluding tert-OH is 1. The van der Waals surface area contributed by atoms with Crippen LogP contribution in [0.25, 0.3) is 0 Å². The summed E-state index contributed by atoms with van der Waals surface area (Å²) in [6.07, 6.45) is 3.84. The van der Waals surface area contributed by atoms with Crippen LogP contribution >= 0.6 is 11.8 Å². The number of hydrogen-bond acceptors (Lipinski definition) is 5. The lowest BCUT2D eigenvalue weighted by atomic mass is 10.1. The Labute approximate surface area is 126 Å². The molecule has 0 unspecified atom stereocenters. The highest BCUT2D eigenvalue weighted by atomic mass is 32.2. The molecule has 1 fully saturated rings. The molecule has 1 N–H and O–H groups in total. The lowest BCUT2D eigenvalue weighted by Crippen LogP contribution is -2.08. The molecule has 1 aliphatic rings. The molecule has 0 aliphatic heterocycles. The third-order valence-electron chi connectivity index (χ3n) is 3.77. The van der Waals surface area contributed by atoms with Gasteiger partial charge < -0.3 is 5.11 Å². The average Bonchev–Trinajstić information content (AvgIpc) is 3.11. The molecule has 112 valence electrons. The monoisotopic (exact) mass is 308 g/mol. The van der Waals surface area contributed by atoms with Gasteiger partial charge in [-0.1, -0.05) is 18.9 Å². The number of benzene rings is 1. The first-order chi connectivity index (χ1) is 10.1. The maximum absolute atomic E-state index is 14.1. The van der Waals surface area contributed by atoms with Gasteiger partial charge in [-0.3, -0.25) is 0 Å². The molecule has 5 nitrogen and oxygen atoms in total. The molecule has 1 aliphatic carbocycles. The first-order valence-corrected chi connectivity index (χ1v) is 7.90. The van der Waals surface area contributed by atoms with Crippen LogP contribution in [0.3, 0.4) is 0 Å². The maximum Gasteiger partial charge on any atom is 0.214 e. The molecule has 0 spiro atoms. The van der Waals surface area contributed by atoms with Gasteiger partial charge in [-0.25, -0.2) is 9.07 Å². The lowest BCUT2D eigenvalue weighted by molar-refractivity contribution is 0.198. The van der Waals surface area contributed by atoms with Crippen LogP contribution in [0.15, 0.2) is 28.3 Å². The lowest BCUT2D eigenvalue weighted by Gasteiger charge is -2.11. The Bertz CT molecular complexity index is 625. The smallest absolute Gasteiger partial charge is 0.214 e. The number of aromatic nitrogens is 4. The molecule has 2 aromatic rings. The van der Waals surface area contributed by atoms with Crippen LogP contribution in [-0.4, -0.2) is 25.3 Å². The summed E-state index contributed by atoms with van der Waals surface area (Å²) < 4.78 is 15.9. The number of tetrazole rings is 1. The van der Waals surface area contributed by atoms with Gasteiger partial charge >= 0.3 is 0 Å². The fraction of sp³-hybridized carbons (Fsp3) is 0.500. The summed E-state index contributed by atoms with van der Waals surface area (Å²) >= 11 is 1.22. The molecule has 1 saturated carbocycles. The Morgan fingerprint density at radius 3 is 2.81 bits per heavy atom. The minimum Gasteiger partial charge on any atom is -0.389 e. The van der Waals surface area contributed by atoms with Gasteiger partial charge in [0.25, 0.3) is 0 Å². The van der Waals surface area contributed by atoms with Crippen molar-refractivity contribution in [1.82, 2.24) is 20.2 Å². The van der Waals surface area contributed by atoms with E-state index in [-0.39, 0.29) is 5.82 Å². The van der Waals surface area contributed by atoms with Crippen molar-refractivity contribution in [3.63, 3.8) is 0 Å². The molecule has 0 amide bonds. The molecule has 1 atom stereocenters. The van der Waals surface area contributed by atoms with E-state index in [1.807, 2.05) is 0 Å². The van der Waals surface area contributed by atoms with Crippen molar-refractivity contribution in [3.05, 3.63) is 29.6 Å². The minimum absolute atomic E-state index is 0.322. The van der Waals surface area contributed by atoms with Crippen LogP contribution in [0.5, 0.6) is 0 Å². The van der Waals surface area contributed by atoms with E-state index in [0.717, 1.165) is 12.8 Å². The van der Waals surface area contributed by atoms with Crippen LogP contribution in [0.2, 0.25) is 0 Å². The summed E-state index contributed by atoms with van der Waals surface area (Å²) in [6.45, 7) is 1.61. The summed E-state index contributed by atoms with van der Waals surface area (Å²) in [6, 6.07) is 5.06. The van der Waals surface area contributed by atoms with Gasteiger partial charge in [-0.2, -0.15) is 0 Å². The van der Waals surface area contributed by atoms with E-state index in [0.29, 0.717) is 21.7 Å². The van der Waals surface area contributed by atoms with Crippen molar-refractivity contribution in [2.75, 3.05) is 0 Å². The molecule has 1 heterocycles. The van der Waals surface area contributed by atoms with E-state index in [9.17, 15) is 9.50 Å². The molecule has 0 saturated heterocycles. The second kappa shape index (κ2) is 6.11. The van der Waals surface area contributed by atoms with Crippen molar-refractivity contribution < 1.29 is 9.50 Å². The average molecular weight is 308 g/mol. The second-order valence-electron chi connectivity index (χ2n) is 5.31. The van der Waals surface area contributed by atoms with Crippen molar-refractivity contribution in [2.24, 2.45) is 0 Å². The van der Waals surface area contributed by atoms with E-state index in [1.165, 1.54) is 30.7 Å². The van der Waals surface area contributed by atoms with Gasteiger partial charge in [-0.15, -0.1) is 5.10 Å². The van der Waals surface area contributed by atoms with Crippen LogP contribution < -0.4 is 0 Å². The Morgan fingerprint density at radius 1 is 1.38 bits per heavy atom. The van der Waals surface area contributed by atoms with Crippen molar-refractivity contribution in [1.29, 1.82) is 0 Å². The number of rotatable bonds is 4. The largest absolute Gasteiger partial charge is 0.389 e. The third-order valence-corrected chi connectivity index (χ3v) is 4.78. The Balaban J connectivity index is 1.82. The maximum atomic E-state index is 14.1. The van der Waals surface area contributed by atoms with E-state index in [4.69, 9.17) is 0 Å². The highest BCUT2D eigenvalue weighted by Crippen LogP contribution is 2.35. The Kier molecular flexibility index (Phi) is 4.21. The quantitative estimate of drug-likeness (QED) is 0.940. The highest BCUT2D eigenvalue weighted by Gasteiger charge is 2.22. The zero-order valence-electron chi connectivity index (χ0n) is 11.7. The molecule has 1 aromatic heterocycles. The van der Waals surface area contributed by atoms with E-state index >= 15 is 0 Å². The van der Waals surface area contributed by atoms with E-state index in [2.05, 4.69) is 15.5 Å². The van der Waals surface area contributed by atoms with Gasteiger partial charge in [0, 0.05) is 0 Å². The molecule has 0 bridgehead atoms. The normalized spacial score (nSPS) is 17.3. The minimum atomic E-state index is -0.678. The number of aliphatic hydroxyl groups is 1. The molecule has 3 rings (SSSR count). The zero-order chi connectivity index (χ0) is 14.8. The second-order valence-corrected chi connectivity index (χ2v) is 6.32. The summed E-state index contributed by atoms with van der Waals surface area (Å²) in [5.41, 5.74) is 0.562. The number of nitrogens with zero attached hydrogens (tertiary/aromatic N) is 4. The first kappa shape index (κ1) is 14.5. The highest BCUT2D eigenvalue weighted by molar-refractivity contribution is 7.99. The van der Waals surface area contributed by atoms with Crippen LogP contribution in [0.1, 0.15) is 50.3 Å². The van der Waals surface area contributed by atoms with E-state index in [1.54, 1.807) is 23.7 Å². The molecule has 21 heavy (non-hydrogen) atoms. The van der Waals surface area contributed by atoms with Crippen LogP contribution in [0.4, 0.5) is 4.39 Å². The molecular weight excluding hydrogens is 291 g/mol. The third kappa shape index (κ3) is 3.08. The van der Waals surface area contributed by atoms with Gasteiger partial charge in [0.1, 0.15) is 5.82 Å². The van der Waals surface area contributed by atoms with Gasteiger partial charge in [-0.05, 0) is 59.7 Å². The van der Waals surface area contributed by atoms with Gasteiger partial charge in [0.2, 0.25) is 5.16 Å². The zero-order valence-corrected chi connectivity index (χ0v) is 12.6. The van der Waals surface area contributed by atoms with Crippen LogP contribution in [0, 0.1) is 5.82 Å². The van der Waals surface area contributed by atoms with Gasteiger partial charge in [0.05, 0.1) is 17.0 Å². The molecule has 7 heteroatoms. The first-order valence-electron chi connectivity index (χ1n) is 7.08. The van der Waals surface area contributed by atoms with Crippen molar-refractivity contribution in [3.8, 4) is 0 Å². The predicted octanol–water partition coefficient (Wildman–Crippen LogP) is 3.13. The Hall–Kier alpha value is -1.47. The standard InChI is InChI=1S/C14H17FN4OS/c1-9(20)10-6-7-13(12(15)8-10)21-14-16-17-18-19(14)11-4-2-3-5-11/h6-9,11,20H,2-5H2,1H3/t9-/m0/s1. The van der Waals surface area contributed by atoms with Crippen molar-refractivity contribution in [2.45, 2.75) is 54.8 Å². The number of hydrogen-bond donors (Lipinski definition) is 1. The fourth-order valence-electron chi connectivity index (χ4n) is 2.59. The molecular formula is C14H17FN4OS. The molecule has 0 radical (unpaired) electrons. The van der Waals surface area contributed by atoms with Crippen LogP contribution in [-0.2, 0) is 0 Å². The predicted molar refractivity (Wildman–Crippen MR) is 76.5 cm³/mol. The fourth-order valence-corrected chi connectivity index (χ4v) is 3.43. The molecule has 1 aromatic carbocycles. The SMILES string of the molecule is C[C@H](O)c1ccc(Sc2nnnn2C2CCCC2)c(F)c1. The van der Waals surface area contributed by atoms with E-state index < -0.39 is 6.10 Å². The number of halogens is 1.